The maximum absolute atomic E-state index is 11.8. The molecule has 0 saturated heterocycles. The summed E-state index contributed by atoms with van der Waals surface area (Å²) in [6, 6.07) is 13.9. The summed E-state index contributed by atoms with van der Waals surface area (Å²) >= 11 is 1.42. The third-order valence-corrected chi connectivity index (χ3v) is 4.57. The highest BCUT2D eigenvalue weighted by molar-refractivity contribution is 8.00. The smallest absolute Gasteiger partial charge is 0.257 e. The van der Waals surface area contributed by atoms with Crippen LogP contribution in [0.2, 0.25) is 0 Å². The molecule has 25 heavy (non-hydrogen) atoms. The Morgan fingerprint density at radius 1 is 0.880 bits per heavy atom. The molecule has 0 atom stereocenters. The zero-order chi connectivity index (χ0) is 18.2. The van der Waals surface area contributed by atoms with Crippen molar-refractivity contribution >= 4 is 29.3 Å². The van der Waals surface area contributed by atoms with Gasteiger partial charge in [0.05, 0.1) is 12.3 Å². The Morgan fingerprint density at radius 3 is 2.20 bits per heavy atom. The van der Waals surface area contributed by atoms with Gasteiger partial charge in [-0.1, -0.05) is 35.4 Å². The van der Waals surface area contributed by atoms with E-state index in [0.717, 1.165) is 16.1 Å². The highest BCUT2D eigenvalue weighted by atomic mass is 32.2. The Labute approximate surface area is 152 Å². The molecule has 0 aliphatic heterocycles. The SMILES string of the molecule is Cc1ccc(SCC(=O)NNC(=O)CNc2ccc(C)cc2C)cc1. The molecule has 0 aliphatic carbocycles. The minimum absolute atomic E-state index is 0.0925. The van der Waals surface area contributed by atoms with Gasteiger partial charge in [-0.25, -0.2) is 0 Å². The van der Waals surface area contributed by atoms with Gasteiger partial charge in [0, 0.05) is 10.6 Å². The second-order valence-electron chi connectivity index (χ2n) is 5.87. The van der Waals surface area contributed by atoms with Crippen LogP contribution in [0.15, 0.2) is 47.4 Å². The molecule has 3 N–H and O–H groups in total. The molecule has 0 bridgehead atoms. The van der Waals surface area contributed by atoms with Crippen molar-refractivity contribution in [2.45, 2.75) is 25.7 Å². The van der Waals surface area contributed by atoms with Crippen molar-refractivity contribution in [2.24, 2.45) is 0 Å². The number of aryl methyl sites for hydroxylation is 3. The Morgan fingerprint density at radius 2 is 1.52 bits per heavy atom. The van der Waals surface area contributed by atoms with Gasteiger partial charge < -0.3 is 5.32 Å². The molecular weight excluding hydrogens is 334 g/mol. The number of anilines is 1. The lowest BCUT2D eigenvalue weighted by Crippen LogP contribution is -2.44. The van der Waals surface area contributed by atoms with E-state index in [9.17, 15) is 9.59 Å². The van der Waals surface area contributed by atoms with Gasteiger partial charge in [0.2, 0.25) is 5.91 Å². The van der Waals surface area contributed by atoms with Crippen LogP contribution < -0.4 is 16.2 Å². The number of amides is 2. The van der Waals surface area contributed by atoms with E-state index in [1.807, 2.05) is 63.2 Å². The molecule has 0 unspecified atom stereocenters. The molecule has 2 aromatic carbocycles. The molecule has 0 aromatic heterocycles. The molecule has 0 aliphatic rings. The van der Waals surface area contributed by atoms with Gasteiger partial charge in [0.1, 0.15) is 0 Å². The summed E-state index contributed by atoms with van der Waals surface area (Å²) in [7, 11) is 0. The standard InChI is InChI=1S/C19H23N3O2S/c1-13-4-7-16(8-5-13)25-12-19(24)22-21-18(23)11-20-17-9-6-14(2)10-15(17)3/h4-10,20H,11-12H2,1-3H3,(H,21,23)(H,22,24). The van der Waals surface area contributed by atoms with Crippen LogP contribution in [0.5, 0.6) is 0 Å². The fraction of sp³-hybridized carbons (Fsp3) is 0.263. The maximum Gasteiger partial charge on any atom is 0.257 e. The molecule has 2 aromatic rings. The molecule has 2 amide bonds. The van der Waals surface area contributed by atoms with Crippen molar-refractivity contribution in [3.05, 3.63) is 59.2 Å². The fourth-order valence-electron chi connectivity index (χ4n) is 2.19. The fourth-order valence-corrected chi connectivity index (χ4v) is 2.89. The predicted octanol–water partition coefficient (Wildman–Crippen LogP) is 2.96. The van der Waals surface area contributed by atoms with Crippen molar-refractivity contribution in [3.63, 3.8) is 0 Å². The second-order valence-corrected chi connectivity index (χ2v) is 6.92. The van der Waals surface area contributed by atoms with Crippen molar-refractivity contribution in [3.8, 4) is 0 Å². The quantitative estimate of drug-likeness (QED) is 0.549. The van der Waals surface area contributed by atoms with E-state index in [1.54, 1.807) is 0 Å². The Bertz CT molecular complexity index is 745. The maximum atomic E-state index is 11.8. The van der Waals surface area contributed by atoms with Gasteiger partial charge in [-0.3, -0.25) is 20.4 Å². The van der Waals surface area contributed by atoms with Crippen LogP contribution >= 0.6 is 11.8 Å². The Kier molecular flexibility index (Phi) is 6.89. The topological polar surface area (TPSA) is 70.2 Å². The molecule has 5 nitrogen and oxygen atoms in total. The molecular formula is C19H23N3O2S. The lowest BCUT2D eigenvalue weighted by molar-refractivity contribution is -0.126. The number of carbonyl (C=O) groups excluding carboxylic acids is 2. The van der Waals surface area contributed by atoms with E-state index in [0.29, 0.717) is 0 Å². The van der Waals surface area contributed by atoms with Crippen molar-refractivity contribution in [2.75, 3.05) is 17.6 Å². The Hall–Kier alpha value is -2.47. The first-order valence-corrected chi connectivity index (χ1v) is 9.01. The number of rotatable bonds is 6. The summed E-state index contributed by atoms with van der Waals surface area (Å²) < 4.78 is 0. The second kappa shape index (κ2) is 9.13. The number of hydrazine groups is 1. The number of hydrogen-bond acceptors (Lipinski definition) is 4. The molecule has 6 heteroatoms. The van der Waals surface area contributed by atoms with Crippen LogP contribution in [0.4, 0.5) is 5.69 Å². The average Bonchev–Trinajstić information content (AvgIpc) is 2.58. The van der Waals surface area contributed by atoms with Gasteiger partial charge in [0.25, 0.3) is 5.91 Å². The number of nitrogens with one attached hydrogen (secondary N) is 3. The Balaban J connectivity index is 1.68. The van der Waals surface area contributed by atoms with Gasteiger partial charge in [-0.15, -0.1) is 11.8 Å². The average molecular weight is 357 g/mol. The number of hydrogen-bond donors (Lipinski definition) is 3. The van der Waals surface area contributed by atoms with E-state index in [4.69, 9.17) is 0 Å². The number of carbonyl (C=O) groups is 2. The molecule has 0 fully saturated rings. The monoisotopic (exact) mass is 357 g/mol. The first-order chi connectivity index (χ1) is 11.9. The summed E-state index contributed by atoms with van der Waals surface area (Å²) in [5.41, 5.74) is 9.17. The minimum atomic E-state index is -0.298. The van der Waals surface area contributed by atoms with E-state index >= 15 is 0 Å². The van der Waals surface area contributed by atoms with Crippen LogP contribution in [0.25, 0.3) is 0 Å². The summed E-state index contributed by atoms with van der Waals surface area (Å²) in [5.74, 6) is -0.299. The zero-order valence-corrected chi connectivity index (χ0v) is 15.5. The zero-order valence-electron chi connectivity index (χ0n) is 14.7. The lowest BCUT2D eigenvalue weighted by Gasteiger charge is -2.11. The van der Waals surface area contributed by atoms with Crippen molar-refractivity contribution < 1.29 is 9.59 Å². The predicted molar refractivity (Wildman–Crippen MR) is 103 cm³/mol. The van der Waals surface area contributed by atoms with Crippen LogP contribution in [0.1, 0.15) is 16.7 Å². The summed E-state index contributed by atoms with van der Waals surface area (Å²) in [4.78, 5) is 24.6. The molecule has 2 rings (SSSR count). The molecule has 0 heterocycles. The van der Waals surface area contributed by atoms with Gasteiger partial charge in [0.15, 0.2) is 0 Å². The van der Waals surface area contributed by atoms with E-state index in [2.05, 4.69) is 16.2 Å². The third kappa shape index (κ3) is 6.51. The van der Waals surface area contributed by atoms with Crippen LogP contribution in [-0.4, -0.2) is 24.1 Å². The highest BCUT2D eigenvalue weighted by Crippen LogP contribution is 2.17. The number of thioether (sulfide) groups is 1. The first kappa shape index (κ1) is 18.9. The van der Waals surface area contributed by atoms with Gasteiger partial charge in [-0.05, 0) is 44.5 Å². The molecule has 0 spiro atoms. The van der Waals surface area contributed by atoms with Crippen LogP contribution in [0.3, 0.4) is 0 Å². The highest BCUT2D eigenvalue weighted by Gasteiger charge is 2.06. The minimum Gasteiger partial charge on any atom is -0.376 e. The molecule has 0 saturated carbocycles. The van der Waals surface area contributed by atoms with Crippen molar-refractivity contribution in [1.82, 2.24) is 10.9 Å². The van der Waals surface area contributed by atoms with Crippen molar-refractivity contribution in [1.29, 1.82) is 0 Å². The molecule has 0 radical (unpaired) electrons. The van der Waals surface area contributed by atoms with E-state index in [1.165, 1.54) is 22.9 Å². The van der Waals surface area contributed by atoms with Gasteiger partial charge >= 0.3 is 0 Å². The third-order valence-electron chi connectivity index (χ3n) is 3.55. The number of benzene rings is 2. The summed E-state index contributed by atoms with van der Waals surface area (Å²) in [6.07, 6.45) is 0. The van der Waals surface area contributed by atoms with Crippen LogP contribution in [0, 0.1) is 20.8 Å². The van der Waals surface area contributed by atoms with E-state index in [-0.39, 0.29) is 24.1 Å². The summed E-state index contributed by atoms with van der Waals surface area (Å²) in [5, 5.41) is 3.06. The first-order valence-electron chi connectivity index (χ1n) is 8.02. The largest absolute Gasteiger partial charge is 0.376 e. The van der Waals surface area contributed by atoms with Crippen LogP contribution in [-0.2, 0) is 9.59 Å². The summed E-state index contributed by atoms with van der Waals surface area (Å²) in [6.45, 7) is 6.11. The molecule has 132 valence electrons. The lowest BCUT2D eigenvalue weighted by atomic mass is 10.1. The van der Waals surface area contributed by atoms with E-state index < -0.39 is 0 Å². The normalized spacial score (nSPS) is 10.2. The van der Waals surface area contributed by atoms with Gasteiger partial charge in [-0.2, -0.15) is 0 Å².